The van der Waals surface area contributed by atoms with E-state index in [4.69, 9.17) is 4.74 Å². The number of carbonyl (C=O) groups is 1. The summed E-state index contributed by atoms with van der Waals surface area (Å²) in [4.78, 5) is 12.1. The van der Waals surface area contributed by atoms with E-state index in [1.54, 1.807) is 0 Å². The van der Waals surface area contributed by atoms with Gasteiger partial charge in [-0.05, 0) is 100 Å². The van der Waals surface area contributed by atoms with Gasteiger partial charge in [-0.25, -0.2) is 0 Å². The summed E-state index contributed by atoms with van der Waals surface area (Å²) in [7, 11) is 0. The van der Waals surface area contributed by atoms with Gasteiger partial charge in [0.05, 0.1) is 0 Å². The molecule has 0 atom stereocenters. The van der Waals surface area contributed by atoms with E-state index in [1.807, 2.05) is 0 Å². The van der Waals surface area contributed by atoms with Crippen LogP contribution >= 0.6 is 0 Å². The quantitative estimate of drug-likeness (QED) is 0.263. The van der Waals surface area contributed by atoms with Crippen molar-refractivity contribution in [2.24, 2.45) is 29.6 Å². The van der Waals surface area contributed by atoms with Gasteiger partial charge in [-0.1, -0.05) is 58.8 Å². The Balaban J connectivity index is 1.29. The minimum absolute atomic E-state index is 0.0590. The van der Waals surface area contributed by atoms with Crippen molar-refractivity contribution in [3.8, 4) is 0 Å². The third-order valence-electron chi connectivity index (χ3n) is 8.99. The molecule has 2 heteroatoms. The van der Waals surface area contributed by atoms with E-state index in [1.165, 1.54) is 96.3 Å². The maximum atomic E-state index is 12.1. The highest BCUT2D eigenvalue weighted by Crippen LogP contribution is 2.45. The Morgan fingerprint density at radius 2 is 1.13 bits per heavy atom. The van der Waals surface area contributed by atoms with Crippen LogP contribution in [0.5, 0.6) is 0 Å². The first-order chi connectivity index (χ1) is 14.7. The lowest BCUT2D eigenvalue weighted by atomic mass is 9.65. The summed E-state index contributed by atoms with van der Waals surface area (Å²) < 4.78 is 5.79. The molecule has 0 aromatic heterocycles. The molecule has 0 saturated heterocycles. The van der Waals surface area contributed by atoms with Gasteiger partial charge in [0.15, 0.2) is 0 Å². The van der Waals surface area contributed by atoms with E-state index in [0.717, 1.165) is 48.9 Å². The normalized spacial score (nSPS) is 35.1. The summed E-state index contributed by atoms with van der Waals surface area (Å²) in [5, 5.41) is 0. The zero-order valence-electron chi connectivity index (χ0n) is 20.2. The zero-order chi connectivity index (χ0) is 21.2. The summed E-state index contributed by atoms with van der Waals surface area (Å²) >= 11 is 0. The molecule has 0 heterocycles. The van der Waals surface area contributed by atoms with Crippen LogP contribution < -0.4 is 0 Å². The van der Waals surface area contributed by atoms with Crippen LogP contribution in [0.2, 0.25) is 0 Å². The second-order valence-corrected chi connectivity index (χ2v) is 11.1. The van der Waals surface area contributed by atoms with Crippen molar-refractivity contribution in [3.63, 3.8) is 0 Å². The Morgan fingerprint density at radius 1 is 0.633 bits per heavy atom. The Labute approximate surface area is 187 Å². The average Bonchev–Trinajstić information content (AvgIpc) is 2.78. The van der Waals surface area contributed by atoms with Gasteiger partial charge >= 0.3 is 5.97 Å². The number of esters is 1. The predicted octanol–water partition coefficient (Wildman–Crippen LogP) is 8.47. The first-order valence-electron chi connectivity index (χ1n) is 13.9. The standard InChI is InChI=1S/C28H50O2/c1-3-5-6-7-9-28(29)30-27-20-18-26(19-21-27)25-16-14-24(15-17-25)23-12-10-22(8-4-2)11-13-23/h22-27H,3-21H2,1-2H3/t22-,23-,24-,25-,26-,27-. The molecule has 0 radical (unpaired) electrons. The molecular formula is C28H50O2. The molecule has 3 fully saturated rings. The van der Waals surface area contributed by atoms with Crippen molar-refractivity contribution < 1.29 is 9.53 Å². The lowest BCUT2D eigenvalue weighted by molar-refractivity contribution is -0.151. The van der Waals surface area contributed by atoms with E-state index >= 15 is 0 Å². The fourth-order valence-corrected chi connectivity index (χ4v) is 7.06. The number of ether oxygens (including phenoxy) is 1. The van der Waals surface area contributed by atoms with Crippen LogP contribution in [-0.4, -0.2) is 12.1 Å². The maximum Gasteiger partial charge on any atom is 0.306 e. The molecule has 3 aliphatic carbocycles. The molecule has 0 spiro atoms. The van der Waals surface area contributed by atoms with Crippen molar-refractivity contribution in [1.29, 1.82) is 0 Å². The molecule has 3 saturated carbocycles. The van der Waals surface area contributed by atoms with Crippen molar-refractivity contribution in [1.82, 2.24) is 0 Å². The number of carbonyl (C=O) groups excluding carboxylic acids is 1. The van der Waals surface area contributed by atoms with Crippen molar-refractivity contribution in [2.75, 3.05) is 0 Å². The Kier molecular flexibility index (Phi) is 10.5. The monoisotopic (exact) mass is 418 g/mol. The van der Waals surface area contributed by atoms with Crippen LogP contribution in [0.3, 0.4) is 0 Å². The van der Waals surface area contributed by atoms with E-state index in [9.17, 15) is 4.79 Å². The number of unbranched alkanes of at least 4 members (excludes halogenated alkanes) is 3. The SMILES string of the molecule is CCCCCCC(=O)O[C@H]1CC[C@H]([C@H]2CC[C@H]([C@H]3CC[C@H](CCC)CC3)CC2)CC1. The molecule has 0 aromatic rings. The van der Waals surface area contributed by atoms with Gasteiger partial charge in [0.2, 0.25) is 0 Å². The van der Waals surface area contributed by atoms with Crippen LogP contribution in [0.4, 0.5) is 0 Å². The van der Waals surface area contributed by atoms with Gasteiger partial charge in [0.25, 0.3) is 0 Å². The number of hydrogen-bond acceptors (Lipinski definition) is 2. The van der Waals surface area contributed by atoms with E-state index < -0.39 is 0 Å². The van der Waals surface area contributed by atoms with Crippen molar-refractivity contribution >= 4 is 5.97 Å². The van der Waals surface area contributed by atoms with Crippen LogP contribution in [0.1, 0.15) is 136 Å². The molecular weight excluding hydrogens is 368 g/mol. The molecule has 30 heavy (non-hydrogen) atoms. The minimum Gasteiger partial charge on any atom is -0.462 e. The van der Waals surface area contributed by atoms with Crippen LogP contribution in [0, 0.1) is 29.6 Å². The zero-order valence-corrected chi connectivity index (χ0v) is 20.2. The summed E-state index contributed by atoms with van der Waals surface area (Å²) in [5.41, 5.74) is 0. The average molecular weight is 419 g/mol. The fourth-order valence-electron chi connectivity index (χ4n) is 7.06. The molecule has 2 nitrogen and oxygen atoms in total. The van der Waals surface area contributed by atoms with Crippen LogP contribution in [0.15, 0.2) is 0 Å². The van der Waals surface area contributed by atoms with Gasteiger partial charge in [-0.15, -0.1) is 0 Å². The molecule has 174 valence electrons. The molecule has 3 rings (SSSR count). The second-order valence-electron chi connectivity index (χ2n) is 11.1. The molecule has 0 unspecified atom stereocenters. The first kappa shape index (κ1) is 24.1. The smallest absolute Gasteiger partial charge is 0.306 e. The lowest BCUT2D eigenvalue weighted by Crippen LogP contribution is -2.31. The van der Waals surface area contributed by atoms with E-state index in [0.29, 0.717) is 6.42 Å². The van der Waals surface area contributed by atoms with E-state index in [2.05, 4.69) is 13.8 Å². The van der Waals surface area contributed by atoms with Gasteiger partial charge in [0, 0.05) is 6.42 Å². The molecule has 0 N–H and O–H groups in total. The highest BCUT2D eigenvalue weighted by molar-refractivity contribution is 5.69. The summed E-state index contributed by atoms with van der Waals surface area (Å²) in [6.07, 6.45) is 25.2. The van der Waals surface area contributed by atoms with E-state index in [-0.39, 0.29) is 12.1 Å². The van der Waals surface area contributed by atoms with Gasteiger partial charge in [-0.3, -0.25) is 4.79 Å². The lowest BCUT2D eigenvalue weighted by Gasteiger charge is -2.41. The van der Waals surface area contributed by atoms with Gasteiger partial charge in [-0.2, -0.15) is 0 Å². The third-order valence-corrected chi connectivity index (χ3v) is 8.99. The topological polar surface area (TPSA) is 26.3 Å². The second kappa shape index (κ2) is 13.1. The summed E-state index contributed by atoms with van der Waals surface area (Å²) in [6.45, 7) is 4.56. The molecule has 0 aliphatic heterocycles. The highest BCUT2D eigenvalue weighted by Gasteiger charge is 2.35. The highest BCUT2D eigenvalue weighted by atomic mass is 16.5. The van der Waals surface area contributed by atoms with Crippen molar-refractivity contribution in [3.05, 3.63) is 0 Å². The maximum absolute atomic E-state index is 12.1. The predicted molar refractivity (Wildman–Crippen MR) is 126 cm³/mol. The molecule has 0 amide bonds. The Morgan fingerprint density at radius 3 is 1.63 bits per heavy atom. The van der Waals surface area contributed by atoms with Gasteiger partial charge in [0.1, 0.15) is 6.10 Å². The molecule has 0 bridgehead atoms. The number of hydrogen-bond donors (Lipinski definition) is 0. The summed E-state index contributed by atoms with van der Waals surface area (Å²) in [5.74, 6) is 5.06. The molecule has 3 aliphatic rings. The fraction of sp³-hybridized carbons (Fsp3) is 0.964. The summed E-state index contributed by atoms with van der Waals surface area (Å²) in [6, 6.07) is 0. The largest absolute Gasteiger partial charge is 0.462 e. The van der Waals surface area contributed by atoms with Crippen LogP contribution in [-0.2, 0) is 9.53 Å². The van der Waals surface area contributed by atoms with Crippen LogP contribution in [0.25, 0.3) is 0 Å². The number of rotatable bonds is 10. The van der Waals surface area contributed by atoms with Gasteiger partial charge < -0.3 is 4.74 Å². The van der Waals surface area contributed by atoms with Crippen molar-refractivity contribution in [2.45, 2.75) is 142 Å². The third kappa shape index (κ3) is 7.56. The Hall–Kier alpha value is -0.530. The first-order valence-corrected chi connectivity index (χ1v) is 13.9. The molecule has 0 aromatic carbocycles. The Bertz CT molecular complexity index is 463. The minimum atomic E-state index is 0.0590.